The third kappa shape index (κ3) is 3.81. The van der Waals surface area contributed by atoms with Gasteiger partial charge < -0.3 is 20.1 Å². The summed E-state index contributed by atoms with van der Waals surface area (Å²) in [6.45, 7) is 3.90. The van der Waals surface area contributed by atoms with Crippen LogP contribution < -0.4 is 20.1 Å². The van der Waals surface area contributed by atoms with Crippen LogP contribution in [-0.2, 0) is 0 Å². The first-order valence-electron chi connectivity index (χ1n) is 6.25. The van der Waals surface area contributed by atoms with Crippen LogP contribution >= 0.6 is 0 Å². The molecule has 0 saturated carbocycles. The van der Waals surface area contributed by atoms with E-state index in [0.29, 0.717) is 5.92 Å². The number of nitrogens with two attached hydrogens (primary N) is 1. The highest BCUT2D eigenvalue weighted by molar-refractivity contribution is 5.60. The number of hydrogen-bond acceptors (Lipinski definition) is 4. The van der Waals surface area contributed by atoms with Crippen molar-refractivity contribution >= 4 is 5.69 Å². The molecule has 4 nitrogen and oxygen atoms in total. The molecule has 0 aromatic heterocycles. The van der Waals surface area contributed by atoms with Gasteiger partial charge in [-0.3, -0.25) is 0 Å². The van der Waals surface area contributed by atoms with E-state index in [1.165, 1.54) is 0 Å². The summed E-state index contributed by atoms with van der Waals surface area (Å²) in [5.41, 5.74) is 6.65. The molecular formula is C14H24N2O2. The second-order valence-electron chi connectivity index (χ2n) is 4.60. The van der Waals surface area contributed by atoms with Gasteiger partial charge in [-0.1, -0.05) is 6.92 Å². The quantitative estimate of drug-likeness (QED) is 0.807. The Morgan fingerprint density at radius 2 is 2.00 bits per heavy atom. The molecule has 0 aliphatic heterocycles. The fourth-order valence-corrected chi connectivity index (χ4v) is 2.04. The third-order valence-electron chi connectivity index (χ3n) is 3.04. The summed E-state index contributed by atoms with van der Waals surface area (Å²) >= 11 is 0. The van der Waals surface area contributed by atoms with Crippen LogP contribution in [0.4, 0.5) is 5.69 Å². The lowest BCUT2D eigenvalue weighted by molar-refractivity contribution is 0.394. The SMILES string of the molecule is COc1ccc(N(C)CC(C)CCN)c(OC)c1. The van der Waals surface area contributed by atoms with E-state index in [1.807, 2.05) is 18.2 Å². The molecule has 0 aliphatic carbocycles. The predicted molar refractivity (Wildman–Crippen MR) is 75.7 cm³/mol. The Balaban J connectivity index is 2.81. The predicted octanol–water partition coefficient (Wildman–Crippen LogP) is 2.12. The molecule has 4 heteroatoms. The van der Waals surface area contributed by atoms with Gasteiger partial charge in [0.1, 0.15) is 11.5 Å². The van der Waals surface area contributed by atoms with E-state index in [1.54, 1.807) is 14.2 Å². The number of anilines is 1. The summed E-state index contributed by atoms with van der Waals surface area (Å²) in [5.74, 6) is 2.20. The molecule has 0 heterocycles. The molecule has 1 aromatic rings. The number of nitrogens with zero attached hydrogens (tertiary/aromatic N) is 1. The summed E-state index contributed by atoms with van der Waals surface area (Å²) in [6, 6.07) is 5.87. The minimum atomic E-state index is 0.562. The Bertz CT molecular complexity index is 369. The molecule has 0 spiro atoms. The summed E-state index contributed by atoms with van der Waals surface area (Å²) < 4.78 is 10.6. The summed E-state index contributed by atoms with van der Waals surface area (Å²) in [6.07, 6.45) is 1.03. The maximum Gasteiger partial charge on any atom is 0.145 e. The molecular weight excluding hydrogens is 228 g/mol. The summed E-state index contributed by atoms with van der Waals surface area (Å²) in [5, 5.41) is 0. The fraction of sp³-hybridized carbons (Fsp3) is 0.571. The van der Waals surface area contributed by atoms with Gasteiger partial charge in [0.15, 0.2) is 0 Å². The maximum absolute atomic E-state index is 5.58. The van der Waals surface area contributed by atoms with Crippen molar-refractivity contribution in [1.29, 1.82) is 0 Å². The average molecular weight is 252 g/mol. The minimum absolute atomic E-state index is 0.562. The van der Waals surface area contributed by atoms with E-state index in [9.17, 15) is 0 Å². The standard InChI is InChI=1S/C14H24N2O2/c1-11(7-8-15)10-16(2)13-6-5-12(17-3)9-14(13)18-4/h5-6,9,11H,7-8,10,15H2,1-4H3. The zero-order valence-electron chi connectivity index (χ0n) is 11.8. The molecule has 0 aliphatic rings. The largest absolute Gasteiger partial charge is 0.497 e. The van der Waals surface area contributed by atoms with Gasteiger partial charge in [-0.05, 0) is 31.0 Å². The monoisotopic (exact) mass is 252 g/mol. The van der Waals surface area contributed by atoms with Gasteiger partial charge in [0.25, 0.3) is 0 Å². The second kappa shape index (κ2) is 7.11. The Hall–Kier alpha value is -1.42. The van der Waals surface area contributed by atoms with Crippen molar-refractivity contribution in [1.82, 2.24) is 0 Å². The molecule has 0 amide bonds. The molecule has 2 N–H and O–H groups in total. The van der Waals surface area contributed by atoms with Gasteiger partial charge in [0.2, 0.25) is 0 Å². The highest BCUT2D eigenvalue weighted by Crippen LogP contribution is 2.31. The molecule has 0 radical (unpaired) electrons. The Labute approximate surface area is 110 Å². The van der Waals surface area contributed by atoms with Gasteiger partial charge in [-0.25, -0.2) is 0 Å². The Kier molecular flexibility index (Phi) is 5.78. The minimum Gasteiger partial charge on any atom is -0.497 e. The van der Waals surface area contributed by atoms with Gasteiger partial charge >= 0.3 is 0 Å². The van der Waals surface area contributed by atoms with E-state index >= 15 is 0 Å². The fourth-order valence-electron chi connectivity index (χ4n) is 2.04. The number of ether oxygens (including phenoxy) is 2. The van der Waals surface area contributed by atoms with Crippen LogP contribution in [0.15, 0.2) is 18.2 Å². The summed E-state index contributed by atoms with van der Waals surface area (Å²) in [7, 11) is 5.40. The van der Waals surface area contributed by atoms with Gasteiger partial charge in [0, 0.05) is 19.7 Å². The van der Waals surface area contributed by atoms with Crippen LogP contribution in [-0.4, -0.2) is 34.4 Å². The van der Waals surface area contributed by atoms with Crippen molar-refractivity contribution < 1.29 is 9.47 Å². The first kappa shape index (κ1) is 14.6. The molecule has 0 bridgehead atoms. The number of rotatable bonds is 7. The smallest absolute Gasteiger partial charge is 0.145 e. The zero-order valence-corrected chi connectivity index (χ0v) is 11.8. The summed E-state index contributed by atoms with van der Waals surface area (Å²) in [4.78, 5) is 2.19. The number of methoxy groups -OCH3 is 2. The molecule has 0 fully saturated rings. The van der Waals surface area contributed by atoms with Crippen molar-refractivity contribution in [2.24, 2.45) is 11.7 Å². The van der Waals surface area contributed by atoms with Gasteiger partial charge in [-0.2, -0.15) is 0 Å². The molecule has 1 aromatic carbocycles. The average Bonchev–Trinajstić information content (AvgIpc) is 2.38. The highest BCUT2D eigenvalue weighted by Gasteiger charge is 2.12. The Morgan fingerprint density at radius 3 is 2.56 bits per heavy atom. The zero-order chi connectivity index (χ0) is 13.5. The topological polar surface area (TPSA) is 47.7 Å². The van der Waals surface area contributed by atoms with Crippen molar-refractivity contribution in [3.63, 3.8) is 0 Å². The van der Waals surface area contributed by atoms with Crippen molar-refractivity contribution in [3.8, 4) is 11.5 Å². The van der Waals surface area contributed by atoms with Crippen molar-refractivity contribution in [2.45, 2.75) is 13.3 Å². The van der Waals surface area contributed by atoms with Crippen LogP contribution in [0.1, 0.15) is 13.3 Å². The van der Waals surface area contributed by atoms with Crippen LogP contribution in [0.2, 0.25) is 0 Å². The van der Waals surface area contributed by atoms with Crippen LogP contribution in [0.3, 0.4) is 0 Å². The van der Waals surface area contributed by atoms with Gasteiger partial charge in [0.05, 0.1) is 19.9 Å². The number of benzene rings is 1. The molecule has 1 unspecified atom stereocenters. The molecule has 18 heavy (non-hydrogen) atoms. The third-order valence-corrected chi connectivity index (χ3v) is 3.04. The van der Waals surface area contributed by atoms with E-state index < -0.39 is 0 Å². The van der Waals surface area contributed by atoms with Crippen LogP contribution in [0.5, 0.6) is 11.5 Å². The Morgan fingerprint density at radius 1 is 1.28 bits per heavy atom. The van der Waals surface area contributed by atoms with E-state index in [0.717, 1.165) is 36.7 Å². The molecule has 102 valence electrons. The lowest BCUT2D eigenvalue weighted by Gasteiger charge is -2.25. The van der Waals surface area contributed by atoms with Crippen molar-refractivity contribution in [3.05, 3.63) is 18.2 Å². The first-order chi connectivity index (χ1) is 8.62. The van der Waals surface area contributed by atoms with E-state index in [-0.39, 0.29) is 0 Å². The molecule has 0 saturated heterocycles. The van der Waals surface area contributed by atoms with Crippen LogP contribution in [0, 0.1) is 5.92 Å². The lowest BCUT2D eigenvalue weighted by Crippen LogP contribution is -2.25. The van der Waals surface area contributed by atoms with Crippen molar-refractivity contribution in [2.75, 3.05) is 39.3 Å². The second-order valence-corrected chi connectivity index (χ2v) is 4.60. The van der Waals surface area contributed by atoms with Gasteiger partial charge in [-0.15, -0.1) is 0 Å². The number of hydrogen-bond donors (Lipinski definition) is 1. The van der Waals surface area contributed by atoms with E-state index in [4.69, 9.17) is 15.2 Å². The molecule has 1 atom stereocenters. The van der Waals surface area contributed by atoms with E-state index in [2.05, 4.69) is 18.9 Å². The maximum atomic E-state index is 5.58. The van der Waals surface area contributed by atoms with Crippen LogP contribution in [0.25, 0.3) is 0 Å². The normalized spacial score (nSPS) is 12.1. The lowest BCUT2D eigenvalue weighted by atomic mass is 10.1. The molecule has 1 rings (SSSR count). The first-order valence-corrected chi connectivity index (χ1v) is 6.25. The highest BCUT2D eigenvalue weighted by atomic mass is 16.5.